The molecule has 3 aromatic heterocycles. The van der Waals surface area contributed by atoms with Gasteiger partial charge < -0.3 is 0 Å². The first-order valence-electron chi connectivity index (χ1n) is 8.53. The summed E-state index contributed by atoms with van der Waals surface area (Å²) in [6.45, 7) is 9.05. The molecule has 0 spiro atoms. The molecular formula is C19H19BrClN5O2. The number of aromatic nitrogens is 4. The minimum absolute atomic E-state index is 0.0416. The average molecular weight is 465 g/mol. The molecule has 1 amide bonds. The number of rotatable bonds is 2. The number of nitrogens with one attached hydrogen (secondary N) is 1. The molecule has 0 saturated heterocycles. The molecule has 0 aliphatic heterocycles. The lowest BCUT2D eigenvalue weighted by atomic mass is 9.96. The standard InChI is InChI=1S/C19H19BrClN5O2/c1-9-8-22-13(10(2)12(9)20)16(27)26-7-6-11-14(21)23-18(24-15(11)26)25-17(28)19(3,4)5/h6-8H,1-5H3,(H,23,24,25,28). The molecule has 0 unspecified atom stereocenters. The van der Waals surface area contributed by atoms with E-state index in [9.17, 15) is 9.59 Å². The zero-order valence-corrected chi connectivity index (χ0v) is 18.4. The fraction of sp³-hybridized carbons (Fsp3) is 0.316. The highest BCUT2D eigenvalue weighted by atomic mass is 79.9. The van der Waals surface area contributed by atoms with E-state index in [1.165, 1.54) is 4.57 Å². The third-order valence-corrected chi connectivity index (χ3v) is 5.75. The van der Waals surface area contributed by atoms with Gasteiger partial charge in [0.15, 0.2) is 5.65 Å². The van der Waals surface area contributed by atoms with E-state index in [2.05, 4.69) is 36.2 Å². The highest BCUT2D eigenvalue weighted by Crippen LogP contribution is 2.27. The van der Waals surface area contributed by atoms with Gasteiger partial charge in [-0.2, -0.15) is 9.97 Å². The van der Waals surface area contributed by atoms with E-state index in [0.717, 1.165) is 15.6 Å². The minimum Gasteiger partial charge on any atom is -0.294 e. The van der Waals surface area contributed by atoms with Crippen molar-refractivity contribution >= 4 is 56.3 Å². The normalized spacial score (nSPS) is 11.7. The van der Waals surface area contributed by atoms with Crippen molar-refractivity contribution in [2.75, 3.05) is 5.32 Å². The summed E-state index contributed by atoms with van der Waals surface area (Å²) < 4.78 is 2.18. The first-order valence-corrected chi connectivity index (χ1v) is 9.70. The van der Waals surface area contributed by atoms with Gasteiger partial charge in [0.05, 0.1) is 5.39 Å². The summed E-state index contributed by atoms with van der Waals surface area (Å²) in [5.74, 6) is -0.566. The smallest absolute Gasteiger partial charge is 0.282 e. The molecule has 0 fully saturated rings. The van der Waals surface area contributed by atoms with Crippen molar-refractivity contribution in [1.29, 1.82) is 0 Å². The number of amides is 1. The number of aryl methyl sites for hydroxylation is 1. The Labute approximate surface area is 175 Å². The number of hydrogen-bond donors (Lipinski definition) is 1. The van der Waals surface area contributed by atoms with Gasteiger partial charge in [0.2, 0.25) is 11.9 Å². The molecule has 0 atom stereocenters. The van der Waals surface area contributed by atoms with Crippen LogP contribution in [-0.4, -0.2) is 31.3 Å². The summed E-state index contributed by atoms with van der Waals surface area (Å²) in [4.78, 5) is 38.1. The summed E-state index contributed by atoms with van der Waals surface area (Å²) in [5.41, 5.74) is 1.63. The van der Waals surface area contributed by atoms with Gasteiger partial charge in [0.1, 0.15) is 10.8 Å². The van der Waals surface area contributed by atoms with Gasteiger partial charge in [-0.1, -0.05) is 48.3 Å². The summed E-state index contributed by atoms with van der Waals surface area (Å²) in [6, 6.07) is 1.66. The molecule has 0 aliphatic rings. The van der Waals surface area contributed by atoms with E-state index in [-0.39, 0.29) is 22.9 Å². The van der Waals surface area contributed by atoms with E-state index < -0.39 is 5.41 Å². The van der Waals surface area contributed by atoms with Crippen molar-refractivity contribution in [3.63, 3.8) is 0 Å². The Hall–Kier alpha value is -2.32. The highest BCUT2D eigenvalue weighted by Gasteiger charge is 2.24. The van der Waals surface area contributed by atoms with Crippen LogP contribution in [0.5, 0.6) is 0 Å². The quantitative estimate of drug-likeness (QED) is 0.563. The number of fused-ring (bicyclic) bond motifs is 1. The second kappa shape index (κ2) is 7.25. The first-order chi connectivity index (χ1) is 13.0. The molecule has 0 aromatic carbocycles. The molecule has 3 rings (SSSR count). The van der Waals surface area contributed by atoms with Crippen LogP contribution < -0.4 is 5.32 Å². The second-order valence-electron chi connectivity index (χ2n) is 7.50. The van der Waals surface area contributed by atoms with Crippen molar-refractivity contribution < 1.29 is 9.59 Å². The summed E-state index contributed by atoms with van der Waals surface area (Å²) in [6.07, 6.45) is 3.20. The first kappa shape index (κ1) is 20.4. The second-order valence-corrected chi connectivity index (χ2v) is 8.65. The fourth-order valence-corrected chi connectivity index (χ4v) is 3.05. The van der Waals surface area contributed by atoms with Crippen molar-refractivity contribution in [3.05, 3.63) is 44.9 Å². The van der Waals surface area contributed by atoms with Crippen LogP contribution in [0, 0.1) is 19.3 Å². The Morgan fingerprint density at radius 3 is 2.54 bits per heavy atom. The van der Waals surface area contributed by atoms with Gasteiger partial charge in [-0.05, 0) is 31.0 Å². The maximum absolute atomic E-state index is 13.1. The van der Waals surface area contributed by atoms with E-state index >= 15 is 0 Å². The fourth-order valence-electron chi connectivity index (χ4n) is 2.53. The average Bonchev–Trinajstić information content (AvgIpc) is 3.03. The van der Waals surface area contributed by atoms with Crippen molar-refractivity contribution in [3.8, 4) is 0 Å². The van der Waals surface area contributed by atoms with Crippen LogP contribution in [-0.2, 0) is 4.79 Å². The SMILES string of the molecule is Cc1cnc(C(=O)n2ccc3c(Cl)nc(NC(=O)C(C)(C)C)nc32)c(C)c1Br. The van der Waals surface area contributed by atoms with Crippen molar-refractivity contribution in [2.24, 2.45) is 5.41 Å². The molecule has 146 valence electrons. The van der Waals surface area contributed by atoms with Gasteiger partial charge >= 0.3 is 0 Å². The molecule has 7 nitrogen and oxygen atoms in total. The molecular weight excluding hydrogens is 446 g/mol. The number of hydrogen-bond acceptors (Lipinski definition) is 5. The molecule has 0 aliphatic carbocycles. The monoisotopic (exact) mass is 463 g/mol. The summed E-state index contributed by atoms with van der Waals surface area (Å²) in [5, 5.41) is 3.30. The Morgan fingerprint density at radius 1 is 1.21 bits per heavy atom. The molecule has 28 heavy (non-hydrogen) atoms. The van der Waals surface area contributed by atoms with Crippen molar-refractivity contribution in [2.45, 2.75) is 34.6 Å². The van der Waals surface area contributed by atoms with Crippen LogP contribution >= 0.6 is 27.5 Å². The molecule has 0 saturated carbocycles. The lowest BCUT2D eigenvalue weighted by molar-refractivity contribution is -0.123. The van der Waals surface area contributed by atoms with Crippen LogP contribution in [0.25, 0.3) is 11.0 Å². The number of carbonyl (C=O) groups excluding carboxylic acids is 2. The topological polar surface area (TPSA) is 89.8 Å². The highest BCUT2D eigenvalue weighted by molar-refractivity contribution is 9.10. The predicted octanol–water partition coefficient (Wildman–Crippen LogP) is 4.53. The Balaban J connectivity index is 2.09. The predicted molar refractivity (Wildman–Crippen MR) is 112 cm³/mol. The Bertz CT molecular complexity index is 1120. The maximum Gasteiger partial charge on any atom is 0.282 e. The Morgan fingerprint density at radius 2 is 1.89 bits per heavy atom. The van der Waals surface area contributed by atoms with Gasteiger partial charge in [0.25, 0.3) is 5.91 Å². The zero-order chi connectivity index (χ0) is 20.8. The number of anilines is 1. The number of nitrogens with zero attached hydrogens (tertiary/aromatic N) is 4. The number of carbonyl (C=O) groups is 2. The number of pyridine rings is 1. The Kier molecular flexibility index (Phi) is 5.29. The maximum atomic E-state index is 13.1. The van der Waals surface area contributed by atoms with E-state index in [4.69, 9.17) is 11.6 Å². The molecule has 3 heterocycles. The lowest BCUT2D eigenvalue weighted by Gasteiger charge is -2.16. The third-order valence-electron chi connectivity index (χ3n) is 4.24. The third kappa shape index (κ3) is 3.66. The molecule has 0 bridgehead atoms. The molecule has 1 N–H and O–H groups in total. The van der Waals surface area contributed by atoms with Crippen molar-refractivity contribution in [1.82, 2.24) is 19.5 Å². The summed E-state index contributed by atoms with van der Waals surface area (Å²) in [7, 11) is 0. The van der Waals surface area contributed by atoms with Crippen LogP contribution in [0.15, 0.2) is 22.9 Å². The van der Waals surface area contributed by atoms with Gasteiger partial charge in [-0.15, -0.1) is 0 Å². The van der Waals surface area contributed by atoms with Crippen LogP contribution in [0.3, 0.4) is 0 Å². The largest absolute Gasteiger partial charge is 0.294 e. The summed E-state index contributed by atoms with van der Waals surface area (Å²) >= 11 is 9.74. The van der Waals surface area contributed by atoms with Gasteiger partial charge in [-0.25, -0.2) is 0 Å². The zero-order valence-electron chi connectivity index (χ0n) is 16.1. The minimum atomic E-state index is -0.627. The van der Waals surface area contributed by atoms with E-state index in [1.807, 2.05) is 13.8 Å². The van der Waals surface area contributed by atoms with Gasteiger partial charge in [0, 0.05) is 22.3 Å². The molecule has 9 heteroatoms. The van der Waals surface area contributed by atoms with E-state index in [0.29, 0.717) is 16.7 Å². The van der Waals surface area contributed by atoms with Crippen LogP contribution in [0.1, 0.15) is 42.4 Å². The molecule has 0 radical (unpaired) electrons. The van der Waals surface area contributed by atoms with E-state index in [1.54, 1.807) is 39.2 Å². The van der Waals surface area contributed by atoms with Crippen LogP contribution in [0.4, 0.5) is 5.95 Å². The lowest BCUT2D eigenvalue weighted by Crippen LogP contribution is -2.28. The van der Waals surface area contributed by atoms with Crippen LogP contribution in [0.2, 0.25) is 5.15 Å². The van der Waals surface area contributed by atoms with Gasteiger partial charge in [-0.3, -0.25) is 24.5 Å². The number of halogens is 2. The molecule has 3 aromatic rings.